The monoisotopic (exact) mass is 375 g/mol. The predicted molar refractivity (Wildman–Crippen MR) is 101 cm³/mol. The molecule has 24 heavy (non-hydrogen) atoms. The molecule has 1 amide bonds. The summed E-state index contributed by atoms with van der Waals surface area (Å²) in [5.74, 6) is 0.810. The zero-order valence-electron chi connectivity index (χ0n) is 13.9. The van der Waals surface area contributed by atoms with Crippen molar-refractivity contribution in [3.05, 3.63) is 29.8 Å². The summed E-state index contributed by atoms with van der Waals surface area (Å²) in [4.78, 5) is 16.9. The second kappa shape index (κ2) is 10.1. The maximum Gasteiger partial charge on any atom is 0.256 e. The van der Waals surface area contributed by atoms with E-state index in [-0.39, 0.29) is 30.7 Å². The first-order valence-corrected chi connectivity index (χ1v) is 8.18. The number of halogens is 2. The maximum absolute atomic E-state index is 12.5. The highest BCUT2D eigenvalue weighted by molar-refractivity contribution is 5.99. The summed E-state index contributed by atoms with van der Waals surface area (Å²) >= 11 is 0. The van der Waals surface area contributed by atoms with E-state index in [1.807, 2.05) is 23.1 Å². The molecule has 0 saturated carbocycles. The van der Waals surface area contributed by atoms with Gasteiger partial charge in [-0.15, -0.1) is 24.8 Å². The Hall–Kier alpha value is -1.01. The normalized spacial score (nSPS) is 19.2. The van der Waals surface area contributed by atoms with Crippen LogP contribution in [-0.2, 0) is 4.74 Å². The molecule has 5 nitrogen and oxygen atoms in total. The van der Waals surface area contributed by atoms with Gasteiger partial charge in [0, 0.05) is 51.6 Å². The molecule has 0 aromatic heterocycles. The molecule has 2 N–H and O–H groups in total. The average molecular weight is 376 g/mol. The third kappa shape index (κ3) is 5.24. The maximum atomic E-state index is 12.5. The van der Waals surface area contributed by atoms with Crippen molar-refractivity contribution in [3.63, 3.8) is 0 Å². The molecule has 2 aliphatic rings. The molecule has 0 spiro atoms. The topological polar surface area (TPSA) is 58.8 Å². The third-order valence-corrected chi connectivity index (χ3v) is 4.71. The lowest BCUT2D eigenvalue weighted by Gasteiger charge is -2.37. The van der Waals surface area contributed by atoms with Crippen LogP contribution in [0.3, 0.4) is 0 Å². The largest absolute Gasteiger partial charge is 0.398 e. The summed E-state index contributed by atoms with van der Waals surface area (Å²) in [5, 5.41) is 0. The number of nitrogens with zero attached hydrogens (tertiary/aromatic N) is 2. The Balaban J connectivity index is 0.00000144. The lowest BCUT2D eigenvalue weighted by molar-refractivity contribution is 0.0393. The molecule has 2 aliphatic heterocycles. The minimum Gasteiger partial charge on any atom is -0.398 e. The molecule has 2 saturated heterocycles. The quantitative estimate of drug-likeness (QED) is 0.823. The Bertz CT molecular complexity index is 516. The molecule has 1 aromatic carbocycles. The third-order valence-electron chi connectivity index (χ3n) is 4.71. The molecule has 136 valence electrons. The molecule has 7 heteroatoms. The Morgan fingerprint density at radius 1 is 1.08 bits per heavy atom. The zero-order valence-corrected chi connectivity index (χ0v) is 15.5. The fourth-order valence-corrected chi connectivity index (χ4v) is 3.29. The molecule has 0 unspecified atom stereocenters. The van der Waals surface area contributed by atoms with Gasteiger partial charge in [-0.2, -0.15) is 0 Å². The van der Waals surface area contributed by atoms with Gasteiger partial charge >= 0.3 is 0 Å². The second-order valence-corrected chi connectivity index (χ2v) is 6.24. The van der Waals surface area contributed by atoms with E-state index in [4.69, 9.17) is 10.5 Å². The summed E-state index contributed by atoms with van der Waals surface area (Å²) in [6.45, 7) is 6.42. The van der Waals surface area contributed by atoms with Crippen molar-refractivity contribution in [2.24, 2.45) is 5.92 Å². The smallest absolute Gasteiger partial charge is 0.256 e. The summed E-state index contributed by atoms with van der Waals surface area (Å²) in [5.41, 5.74) is 7.10. The first-order valence-electron chi connectivity index (χ1n) is 8.18. The highest BCUT2D eigenvalue weighted by Gasteiger charge is 2.25. The molecule has 0 bridgehead atoms. The van der Waals surface area contributed by atoms with Gasteiger partial charge in [0.15, 0.2) is 0 Å². The van der Waals surface area contributed by atoms with Crippen LogP contribution in [0, 0.1) is 5.92 Å². The summed E-state index contributed by atoms with van der Waals surface area (Å²) < 4.78 is 5.41. The highest BCUT2D eigenvalue weighted by Crippen LogP contribution is 2.18. The number of rotatable bonds is 3. The van der Waals surface area contributed by atoms with Crippen molar-refractivity contribution < 1.29 is 9.53 Å². The Morgan fingerprint density at radius 2 is 1.71 bits per heavy atom. The van der Waals surface area contributed by atoms with Crippen molar-refractivity contribution in [1.82, 2.24) is 9.80 Å². The molecule has 2 fully saturated rings. The van der Waals surface area contributed by atoms with Gasteiger partial charge < -0.3 is 15.4 Å². The number of hydrogen-bond donors (Lipinski definition) is 1. The predicted octanol–water partition coefficient (Wildman–Crippen LogP) is 2.30. The van der Waals surface area contributed by atoms with Gasteiger partial charge in [-0.1, -0.05) is 12.1 Å². The van der Waals surface area contributed by atoms with Gasteiger partial charge in [-0.3, -0.25) is 9.69 Å². The molecule has 3 rings (SSSR count). The van der Waals surface area contributed by atoms with Gasteiger partial charge in [-0.05, 0) is 30.9 Å². The van der Waals surface area contributed by atoms with E-state index < -0.39 is 0 Å². The van der Waals surface area contributed by atoms with Crippen molar-refractivity contribution in [3.8, 4) is 0 Å². The van der Waals surface area contributed by atoms with Crippen molar-refractivity contribution >= 4 is 36.4 Å². The molecule has 0 atom stereocenters. The van der Waals surface area contributed by atoms with E-state index in [1.54, 1.807) is 6.07 Å². The minimum absolute atomic E-state index is 0. The molecular weight excluding hydrogens is 349 g/mol. The standard InChI is InChI=1S/C17H25N3O2.2ClH/c18-16-4-2-1-3-15(16)17(21)20-9-7-19(8-10-20)13-14-5-11-22-12-6-14;;/h1-4,14H,5-13,18H2;2*1H. The molecule has 0 aliphatic carbocycles. The van der Waals surface area contributed by atoms with E-state index >= 15 is 0 Å². The van der Waals surface area contributed by atoms with Gasteiger partial charge in [0.1, 0.15) is 0 Å². The number of nitrogen functional groups attached to an aromatic ring is 1. The number of benzene rings is 1. The number of anilines is 1. The Kier molecular flexibility index (Phi) is 8.84. The molecule has 1 aromatic rings. The fraction of sp³-hybridized carbons (Fsp3) is 0.588. The second-order valence-electron chi connectivity index (χ2n) is 6.24. The summed E-state index contributed by atoms with van der Waals surface area (Å²) in [7, 11) is 0. The van der Waals surface area contributed by atoms with Crippen molar-refractivity contribution in [2.45, 2.75) is 12.8 Å². The molecule has 0 radical (unpaired) electrons. The number of amides is 1. The van der Waals surface area contributed by atoms with Crippen molar-refractivity contribution in [2.75, 3.05) is 51.7 Å². The molecular formula is C17H27Cl2N3O2. The highest BCUT2D eigenvalue weighted by atomic mass is 35.5. The van der Waals surface area contributed by atoms with Crippen LogP contribution in [0.1, 0.15) is 23.2 Å². The van der Waals surface area contributed by atoms with Gasteiger partial charge in [-0.25, -0.2) is 0 Å². The van der Waals surface area contributed by atoms with E-state index in [1.165, 1.54) is 12.8 Å². The zero-order chi connectivity index (χ0) is 15.4. The van der Waals surface area contributed by atoms with Crippen LogP contribution < -0.4 is 5.73 Å². The van der Waals surface area contributed by atoms with Crippen LogP contribution in [0.4, 0.5) is 5.69 Å². The first kappa shape index (κ1) is 21.0. The first-order chi connectivity index (χ1) is 10.7. The number of carbonyl (C=O) groups is 1. The van der Waals surface area contributed by atoms with E-state index in [9.17, 15) is 4.79 Å². The SMILES string of the molecule is Cl.Cl.Nc1ccccc1C(=O)N1CCN(CC2CCOCC2)CC1. The van der Waals surface area contributed by atoms with Crippen molar-refractivity contribution in [1.29, 1.82) is 0 Å². The lowest BCUT2D eigenvalue weighted by Crippen LogP contribution is -2.50. The van der Waals surface area contributed by atoms with Crippen LogP contribution in [0.25, 0.3) is 0 Å². The Morgan fingerprint density at radius 3 is 2.33 bits per heavy atom. The number of nitrogens with two attached hydrogens (primary N) is 1. The van der Waals surface area contributed by atoms with E-state index in [0.717, 1.165) is 51.9 Å². The number of hydrogen-bond acceptors (Lipinski definition) is 4. The van der Waals surface area contributed by atoms with Gasteiger partial charge in [0.2, 0.25) is 0 Å². The van der Waals surface area contributed by atoms with Crippen LogP contribution >= 0.6 is 24.8 Å². The van der Waals surface area contributed by atoms with Crippen LogP contribution in [0.2, 0.25) is 0 Å². The minimum atomic E-state index is 0. The molecule has 2 heterocycles. The number of piperazine rings is 1. The van der Waals surface area contributed by atoms with E-state index in [0.29, 0.717) is 11.3 Å². The summed E-state index contributed by atoms with van der Waals surface area (Å²) in [6.07, 6.45) is 2.33. The van der Waals surface area contributed by atoms with Crippen LogP contribution in [0.15, 0.2) is 24.3 Å². The average Bonchev–Trinajstić information content (AvgIpc) is 2.56. The number of para-hydroxylation sites is 1. The fourth-order valence-electron chi connectivity index (χ4n) is 3.29. The Labute approximate surface area is 156 Å². The summed E-state index contributed by atoms with van der Waals surface area (Å²) in [6, 6.07) is 7.32. The van der Waals surface area contributed by atoms with Gasteiger partial charge in [0.05, 0.1) is 5.56 Å². The lowest BCUT2D eigenvalue weighted by atomic mass is 9.99. The van der Waals surface area contributed by atoms with E-state index in [2.05, 4.69) is 4.90 Å². The number of carbonyl (C=O) groups excluding carboxylic acids is 1. The van der Waals surface area contributed by atoms with Gasteiger partial charge in [0.25, 0.3) is 5.91 Å². The number of ether oxygens (including phenoxy) is 1. The van der Waals surface area contributed by atoms with Crippen LogP contribution in [0.5, 0.6) is 0 Å². The van der Waals surface area contributed by atoms with Crippen LogP contribution in [-0.4, -0.2) is 61.6 Å².